The lowest BCUT2D eigenvalue weighted by atomic mass is 9.38. The summed E-state index contributed by atoms with van der Waals surface area (Å²) in [5.41, 5.74) is 10.9. The molecule has 1 aromatic heterocycles. The van der Waals surface area contributed by atoms with Crippen molar-refractivity contribution in [1.82, 2.24) is 0 Å². The number of furan rings is 1. The van der Waals surface area contributed by atoms with E-state index in [1.807, 2.05) is 0 Å². The molecule has 4 heterocycles. The van der Waals surface area contributed by atoms with Gasteiger partial charge in [-0.25, -0.2) is 0 Å². The molecule has 0 aliphatic carbocycles. The number of ether oxygens (including phenoxy) is 1. The first-order chi connectivity index (χ1) is 17.5. The summed E-state index contributed by atoms with van der Waals surface area (Å²) in [6.45, 7) is 6.95. The fourth-order valence-corrected chi connectivity index (χ4v) is 6.60. The Hall–Kier alpha value is -3.92. The van der Waals surface area contributed by atoms with Crippen LogP contribution in [0.5, 0.6) is 5.75 Å². The topological polar surface area (TPSA) is 25.6 Å². The number of rotatable bonds is 1. The van der Waals surface area contributed by atoms with Crippen molar-refractivity contribution in [1.29, 1.82) is 0 Å². The molecule has 0 saturated heterocycles. The maximum atomic E-state index is 6.81. The number of anilines is 2. The maximum Gasteiger partial charge on any atom is 0.309 e. The molecule has 0 bridgehead atoms. The smallest absolute Gasteiger partial charge is 0.309 e. The lowest BCUT2D eigenvalue weighted by molar-refractivity contribution is 0.281. The van der Waals surface area contributed by atoms with Gasteiger partial charge < -0.3 is 14.1 Å². The van der Waals surface area contributed by atoms with Crippen LogP contribution in [-0.4, -0.2) is 12.7 Å². The highest BCUT2D eigenvalue weighted by Crippen LogP contribution is 2.52. The molecule has 0 radical (unpaired) electrons. The molecule has 3 aliphatic heterocycles. The Bertz CT molecular complexity index is 1680. The molecule has 8 rings (SSSR count). The molecule has 4 heteroatoms. The van der Waals surface area contributed by atoms with E-state index in [0.29, 0.717) is 0 Å². The first kappa shape index (κ1) is 20.3. The monoisotopic (exact) mass is 467 g/mol. The average Bonchev–Trinajstić information content (AvgIpc) is 3.54. The first-order valence-corrected chi connectivity index (χ1v) is 12.8. The van der Waals surface area contributed by atoms with Crippen molar-refractivity contribution in [3.05, 3.63) is 102 Å². The third-order valence-corrected chi connectivity index (χ3v) is 8.22. The Morgan fingerprint density at radius 2 is 1.58 bits per heavy atom. The Labute approximate surface area is 211 Å². The van der Waals surface area contributed by atoms with Crippen LogP contribution in [0.3, 0.4) is 0 Å². The van der Waals surface area contributed by atoms with Crippen molar-refractivity contribution in [2.75, 3.05) is 4.90 Å². The molecule has 3 aliphatic rings. The lowest BCUT2D eigenvalue weighted by Gasteiger charge is -2.42. The van der Waals surface area contributed by atoms with Gasteiger partial charge >= 0.3 is 6.71 Å². The molecular weight excluding hydrogens is 441 g/mol. The van der Waals surface area contributed by atoms with Crippen LogP contribution >= 0.6 is 0 Å². The van der Waals surface area contributed by atoms with E-state index in [1.54, 1.807) is 0 Å². The van der Waals surface area contributed by atoms with Crippen molar-refractivity contribution >= 4 is 40.2 Å². The van der Waals surface area contributed by atoms with Crippen LogP contribution < -0.4 is 20.8 Å². The third-order valence-electron chi connectivity index (χ3n) is 8.22. The molecule has 2 unspecified atom stereocenters. The van der Waals surface area contributed by atoms with Gasteiger partial charge in [-0.15, -0.1) is 0 Å². The van der Waals surface area contributed by atoms with Crippen molar-refractivity contribution in [2.24, 2.45) is 0 Å². The molecule has 3 nitrogen and oxygen atoms in total. The van der Waals surface area contributed by atoms with Gasteiger partial charge in [0, 0.05) is 27.9 Å². The van der Waals surface area contributed by atoms with Crippen LogP contribution in [0, 0.1) is 0 Å². The van der Waals surface area contributed by atoms with E-state index in [9.17, 15) is 0 Å². The molecule has 0 spiro atoms. The molecule has 0 saturated carbocycles. The van der Waals surface area contributed by atoms with Gasteiger partial charge in [0.25, 0.3) is 0 Å². The molecule has 4 aromatic carbocycles. The molecule has 2 atom stereocenters. The van der Waals surface area contributed by atoms with Crippen molar-refractivity contribution < 1.29 is 9.15 Å². The van der Waals surface area contributed by atoms with Crippen LogP contribution in [0.2, 0.25) is 0 Å². The summed E-state index contributed by atoms with van der Waals surface area (Å²) >= 11 is 0. The molecule has 0 fully saturated rings. The highest BCUT2D eigenvalue weighted by atomic mass is 16.5. The fourth-order valence-electron chi connectivity index (χ4n) is 6.60. The minimum atomic E-state index is -0.0730. The summed E-state index contributed by atoms with van der Waals surface area (Å²) < 4.78 is 13.5. The first-order valence-electron chi connectivity index (χ1n) is 12.8. The summed E-state index contributed by atoms with van der Waals surface area (Å²) in [4.78, 5) is 2.52. The number of hydrogen-bond acceptors (Lipinski definition) is 3. The van der Waals surface area contributed by atoms with E-state index in [1.165, 1.54) is 44.5 Å². The van der Waals surface area contributed by atoms with E-state index in [0.717, 1.165) is 17.0 Å². The third kappa shape index (κ3) is 2.54. The quantitative estimate of drug-likeness (QED) is 0.263. The summed E-state index contributed by atoms with van der Waals surface area (Å²) in [6.07, 6.45) is 0. The highest BCUT2D eigenvalue weighted by Gasteiger charge is 2.57. The van der Waals surface area contributed by atoms with E-state index >= 15 is 0 Å². The van der Waals surface area contributed by atoms with Gasteiger partial charge in [0.05, 0.1) is 11.7 Å². The van der Waals surface area contributed by atoms with E-state index in [4.69, 9.17) is 9.15 Å². The average molecular weight is 467 g/mol. The van der Waals surface area contributed by atoms with Crippen LogP contribution in [0.4, 0.5) is 11.4 Å². The largest absolute Gasteiger partial charge is 0.495 e. The van der Waals surface area contributed by atoms with Gasteiger partial charge in [-0.3, -0.25) is 0 Å². The number of fused-ring (bicyclic) bond motifs is 9. The van der Waals surface area contributed by atoms with Crippen LogP contribution in [-0.2, 0) is 5.41 Å². The number of para-hydroxylation sites is 3. The fraction of sp³-hybridized carbons (Fsp3) is 0.188. The zero-order valence-corrected chi connectivity index (χ0v) is 20.7. The second-order valence-electron chi connectivity index (χ2n) is 11.3. The van der Waals surface area contributed by atoms with Gasteiger partial charge in [-0.1, -0.05) is 81.4 Å². The van der Waals surface area contributed by atoms with Gasteiger partial charge in [0.15, 0.2) is 0 Å². The Balaban J connectivity index is 1.50. The summed E-state index contributed by atoms with van der Waals surface area (Å²) in [6, 6.07) is 32.6. The number of nitrogens with zero attached hydrogens (tertiary/aromatic N) is 1. The predicted octanol–water partition coefficient (Wildman–Crippen LogP) is 6.51. The van der Waals surface area contributed by atoms with Gasteiger partial charge in [-0.05, 0) is 52.3 Å². The molecule has 174 valence electrons. The van der Waals surface area contributed by atoms with Gasteiger partial charge in [0.1, 0.15) is 17.3 Å². The zero-order chi connectivity index (χ0) is 24.2. The SMILES string of the molecule is CC(C)(C)c1cc2c3c(c1)N(c1ccccc1)C1c4ccccc4OC1B3c1oc3ccccc3c1-2. The van der Waals surface area contributed by atoms with E-state index in [2.05, 4.69) is 117 Å². The molecular formula is C32H26BNO2. The second-order valence-corrected chi connectivity index (χ2v) is 11.3. The summed E-state index contributed by atoms with van der Waals surface area (Å²) in [5.74, 6) is 0.975. The standard InChI is InChI=1S/C32H26BNO2/c1-32(2,3)19-17-23-27-21-13-7-9-15-25(21)35-30(27)33-28(23)24(18-19)34(20-11-5-4-6-12-20)29-22-14-8-10-16-26(22)36-31(29)33/h4-18,29,31H,1-3H3. The van der Waals surface area contributed by atoms with Gasteiger partial charge in [0.2, 0.25) is 0 Å². The Kier molecular flexibility index (Phi) is 3.86. The molecule has 0 N–H and O–H groups in total. The minimum Gasteiger partial charge on any atom is -0.495 e. The maximum absolute atomic E-state index is 6.81. The molecule has 0 amide bonds. The second kappa shape index (κ2) is 6.85. The summed E-state index contributed by atoms with van der Waals surface area (Å²) in [5, 5.41) is 1.19. The van der Waals surface area contributed by atoms with E-state index < -0.39 is 0 Å². The Morgan fingerprint density at radius 3 is 2.42 bits per heavy atom. The Morgan fingerprint density at radius 1 is 0.833 bits per heavy atom. The van der Waals surface area contributed by atoms with Crippen LogP contribution in [0.15, 0.2) is 95.4 Å². The number of hydrogen-bond donors (Lipinski definition) is 0. The predicted molar refractivity (Wildman–Crippen MR) is 148 cm³/mol. The normalized spacial score (nSPS) is 19.1. The van der Waals surface area contributed by atoms with E-state index in [-0.39, 0.29) is 24.2 Å². The number of benzene rings is 4. The molecule has 5 aromatic rings. The van der Waals surface area contributed by atoms with Crippen molar-refractivity contribution in [3.63, 3.8) is 0 Å². The highest BCUT2D eigenvalue weighted by molar-refractivity contribution is 6.91. The van der Waals surface area contributed by atoms with Gasteiger partial charge in [-0.2, -0.15) is 0 Å². The van der Waals surface area contributed by atoms with Crippen LogP contribution in [0.25, 0.3) is 22.1 Å². The molecule has 36 heavy (non-hydrogen) atoms. The lowest BCUT2D eigenvalue weighted by Crippen LogP contribution is -2.59. The van der Waals surface area contributed by atoms with Crippen molar-refractivity contribution in [3.8, 4) is 16.9 Å². The zero-order valence-electron chi connectivity index (χ0n) is 20.7. The van der Waals surface area contributed by atoms with Crippen molar-refractivity contribution in [2.45, 2.75) is 38.2 Å². The summed E-state index contributed by atoms with van der Waals surface area (Å²) in [7, 11) is 0. The van der Waals surface area contributed by atoms with Crippen LogP contribution in [0.1, 0.15) is 37.9 Å². The minimum absolute atomic E-state index is 0.00656.